The number of hydrogen-bond acceptors (Lipinski definition) is 4. The van der Waals surface area contributed by atoms with Gasteiger partial charge in [-0.25, -0.2) is 0 Å². The number of pyridine rings is 1. The largest absolute Gasteiger partial charge is 0.466 e. The van der Waals surface area contributed by atoms with Crippen molar-refractivity contribution in [1.29, 1.82) is 0 Å². The molecule has 1 aliphatic rings. The van der Waals surface area contributed by atoms with E-state index in [-0.39, 0.29) is 17.9 Å². The molecule has 1 saturated carbocycles. The number of esters is 1. The van der Waals surface area contributed by atoms with Crippen LogP contribution in [0.25, 0.3) is 0 Å². The second kappa shape index (κ2) is 7.39. The lowest BCUT2D eigenvalue weighted by molar-refractivity contribution is -0.149. The highest BCUT2D eigenvalue weighted by atomic mass is 16.5. The molecular weight excluding hydrogens is 252 g/mol. The second-order valence-electron chi connectivity index (χ2n) is 5.49. The van der Waals surface area contributed by atoms with Gasteiger partial charge in [-0.05, 0) is 44.7 Å². The average molecular weight is 276 g/mol. The van der Waals surface area contributed by atoms with Gasteiger partial charge in [0.25, 0.3) is 0 Å². The van der Waals surface area contributed by atoms with E-state index in [1.54, 1.807) is 6.20 Å². The molecule has 0 saturated heterocycles. The van der Waals surface area contributed by atoms with E-state index in [1.807, 2.05) is 19.2 Å². The Bertz CT molecular complexity index is 422. The minimum Gasteiger partial charge on any atom is -0.466 e. The Kier molecular flexibility index (Phi) is 5.53. The van der Waals surface area contributed by atoms with Crippen LogP contribution in [0, 0.1) is 5.92 Å². The van der Waals surface area contributed by atoms with Gasteiger partial charge in [0.1, 0.15) is 0 Å². The van der Waals surface area contributed by atoms with Gasteiger partial charge in [-0.15, -0.1) is 0 Å². The van der Waals surface area contributed by atoms with Crippen molar-refractivity contribution in [3.63, 3.8) is 0 Å². The van der Waals surface area contributed by atoms with Crippen LogP contribution in [-0.2, 0) is 9.53 Å². The highest BCUT2D eigenvalue weighted by molar-refractivity contribution is 5.72. The molecule has 1 aromatic rings. The fourth-order valence-corrected chi connectivity index (χ4v) is 2.90. The molecular formula is C16H24N2O2. The summed E-state index contributed by atoms with van der Waals surface area (Å²) in [5.41, 5.74) is 1.19. The van der Waals surface area contributed by atoms with E-state index in [0.717, 1.165) is 25.7 Å². The first-order valence-electron chi connectivity index (χ1n) is 7.53. The normalized spacial score (nSPS) is 24.1. The van der Waals surface area contributed by atoms with Crippen LogP contribution in [0.2, 0.25) is 0 Å². The van der Waals surface area contributed by atoms with Crippen molar-refractivity contribution >= 4 is 5.97 Å². The Balaban J connectivity index is 1.88. The third kappa shape index (κ3) is 4.04. The maximum atomic E-state index is 11.8. The second-order valence-corrected chi connectivity index (χ2v) is 5.49. The number of ether oxygens (including phenoxy) is 1. The Morgan fingerprint density at radius 3 is 3.10 bits per heavy atom. The molecule has 3 atom stereocenters. The van der Waals surface area contributed by atoms with Crippen molar-refractivity contribution in [2.24, 2.45) is 5.92 Å². The van der Waals surface area contributed by atoms with Gasteiger partial charge >= 0.3 is 5.97 Å². The summed E-state index contributed by atoms with van der Waals surface area (Å²) in [5, 5.41) is 3.61. The molecule has 0 bridgehead atoms. The molecule has 0 radical (unpaired) electrons. The Morgan fingerprint density at radius 2 is 2.40 bits per heavy atom. The molecule has 4 heteroatoms. The summed E-state index contributed by atoms with van der Waals surface area (Å²) >= 11 is 0. The molecule has 0 spiro atoms. The molecule has 0 amide bonds. The van der Waals surface area contributed by atoms with Crippen LogP contribution in [0.1, 0.15) is 51.1 Å². The molecule has 0 aromatic carbocycles. The maximum Gasteiger partial charge on any atom is 0.308 e. The lowest BCUT2D eigenvalue weighted by Gasteiger charge is -2.30. The lowest BCUT2D eigenvalue weighted by atomic mass is 9.85. The van der Waals surface area contributed by atoms with Gasteiger partial charge < -0.3 is 10.1 Å². The summed E-state index contributed by atoms with van der Waals surface area (Å²) in [6.45, 7) is 4.48. The van der Waals surface area contributed by atoms with Crippen molar-refractivity contribution in [1.82, 2.24) is 10.3 Å². The predicted octanol–water partition coefficient (Wildman–Crippen LogP) is 2.85. The minimum atomic E-state index is -0.0342. The Morgan fingerprint density at radius 1 is 1.55 bits per heavy atom. The van der Waals surface area contributed by atoms with Gasteiger partial charge in [-0.3, -0.25) is 9.78 Å². The van der Waals surface area contributed by atoms with E-state index in [1.165, 1.54) is 5.56 Å². The fourth-order valence-electron chi connectivity index (χ4n) is 2.90. The van der Waals surface area contributed by atoms with E-state index in [9.17, 15) is 4.79 Å². The lowest BCUT2D eigenvalue weighted by Crippen LogP contribution is -2.38. The molecule has 1 N–H and O–H groups in total. The summed E-state index contributed by atoms with van der Waals surface area (Å²) in [6, 6.07) is 4.68. The minimum absolute atomic E-state index is 0.0342. The van der Waals surface area contributed by atoms with Crippen LogP contribution in [0.3, 0.4) is 0 Å². The van der Waals surface area contributed by atoms with Gasteiger partial charge in [-0.2, -0.15) is 0 Å². The number of nitrogens with zero attached hydrogens (tertiary/aromatic N) is 1. The zero-order valence-electron chi connectivity index (χ0n) is 12.3. The summed E-state index contributed by atoms with van der Waals surface area (Å²) in [7, 11) is 0. The van der Waals surface area contributed by atoms with Crippen LogP contribution in [0.15, 0.2) is 24.5 Å². The van der Waals surface area contributed by atoms with Crippen LogP contribution in [0.5, 0.6) is 0 Å². The molecule has 0 aliphatic heterocycles. The van der Waals surface area contributed by atoms with E-state index >= 15 is 0 Å². The highest BCUT2D eigenvalue weighted by Gasteiger charge is 2.28. The van der Waals surface area contributed by atoms with Crippen molar-refractivity contribution in [2.75, 3.05) is 6.61 Å². The van der Waals surface area contributed by atoms with Crippen molar-refractivity contribution in [3.8, 4) is 0 Å². The molecule has 4 nitrogen and oxygen atoms in total. The van der Waals surface area contributed by atoms with E-state index in [4.69, 9.17) is 4.74 Å². The third-order valence-corrected chi connectivity index (χ3v) is 3.96. The summed E-state index contributed by atoms with van der Waals surface area (Å²) in [4.78, 5) is 16.0. The Labute approximate surface area is 120 Å². The van der Waals surface area contributed by atoms with Gasteiger partial charge in [0.15, 0.2) is 0 Å². The van der Waals surface area contributed by atoms with Crippen molar-refractivity contribution in [2.45, 2.75) is 51.6 Å². The number of hydrogen-bond donors (Lipinski definition) is 1. The molecule has 2 unspecified atom stereocenters. The summed E-state index contributed by atoms with van der Waals surface area (Å²) in [6.07, 6.45) is 7.72. The van der Waals surface area contributed by atoms with Crippen molar-refractivity contribution < 1.29 is 9.53 Å². The molecule has 2 rings (SSSR count). The monoisotopic (exact) mass is 276 g/mol. The smallest absolute Gasteiger partial charge is 0.308 e. The molecule has 1 heterocycles. The van der Waals surface area contributed by atoms with Gasteiger partial charge in [0, 0.05) is 24.5 Å². The fraction of sp³-hybridized carbons (Fsp3) is 0.625. The number of rotatable bonds is 5. The number of carbonyl (C=O) groups excluding carboxylic acids is 1. The van der Waals surface area contributed by atoms with Crippen molar-refractivity contribution in [3.05, 3.63) is 30.1 Å². The quantitative estimate of drug-likeness (QED) is 0.840. The standard InChI is InChI=1S/C16H24N2O2/c1-3-20-16(19)13-6-4-8-15(10-13)18-12(2)14-7-5-9-17-11-14/h5,7,9,11-13,15,18H,3-4,6,8,10H2,1-2H3/t12-,13?,15?/m1/s1. The highest BCUT2D eigenvalue weighted by Crippen LogP contribution is 2.27. The first-order chi connectivity index (χ1) is 9.70. The molecule has 20 heavy (non-hydrogen) atoms. The zero-order valence-corrected chi connectivity index (χ0v) is 12.3. The SMILES string of the molecule is CCOC(=O)C1CCCC(N[C@H](C)c2cccnc2)C1. The molecule has 1 aromatic heterocycles. The molecule has 110 valence electrons. The number of nitrogens with one attached hydrogen (secondary N) is 1. The van der Waals surface area contributed by atoms with Crippen LogP contribution >= 0.6 is 0 Å². The average Bonchev–Trinajstić information content (AvgIpc) is 2.48. The predicted molar refractivity (Wildman–Crippen MR) is 78.2 cm³/mol. The van der Waals surface area contributed by atoms with Gasteiger partial charge in [0.2, 0.25) is 0 Å². The third-order valence-electron chi connectivity index (χ3n) is 3.96. The van der Waals surface area contributed by atoms with E-state index < -0.39 is 0 Å². The molecule has 1 aliphatic carbocycles. The summed E-state index contributed by atoms with van der Waals surface area (Å²) in [5.74, 6) is 0.0235. The van der Waals surface area contributed by atoms with Gasteiger partial charge in [-0.1, -0.05) is 12.5 Å². The number of aromatic nitrogens is 1. The topological polar surface area (TPSA) is 51.2 Å². The first kappa shape index (κ1) is 15.0. The van der Waals surface area contributed by atoms with Gasteiger partial charge in [0.05, 0.1) is 12.5 Å². The van der Waals surface area contributed by atoms with Crippen LogP contribution < -0.4 is 5.32 Å². The Hall–Kier alpha value is -1.42. The zero-order chi connectivity index (χ0) is 14.4. The van der Waals surface area contributed by atoms with E-state index in [2.05, 4.69) is 23.3 Å². The maximum absolute atomic E-state index is 11.8. The summed E-state index contributed by atoms with van der Waals surface area (Å²) < 4.78 is 5.14. The van der Waals surface area contributed by atoms with Crippen LogP contribution in [-0.4, -0.2) is 23.6 Å². The van der Waals surface area contributed by atoms with E-state index in [0.29, 0.717) is 12.6 Å². The first-order valence-corrected chi connectivity index (χ1v) is 7.53. The number of carbonyl (C=O) groups is 1. The van der Waals surface area contributed by atoms with Crippen LogP contribution in [0.4, 0.5) is 0 Å². The molecule has 1 fully saturated rings.